The summed E-state index contributed by atoms with van der Waals surface area (Å²) in [6, 6.07) is 4.57. The largest absolute Gasteiger partial charge is 0.270 e. The minimum absolute atomic E-state index is 0.149. The van der Waals surface area contributed by atoms with Gasteiger partial charge in [-0.05, 0) is 32.9 Å². The molecule has 1 N–H and O–H groups in total. The molecule has 23 heavy (non-hydrogen) atoms. The molecule has 2 heterocycles. The number of nitrogens with one attached hydrogen (secondary N) is 1. The minimum atomic E-state index is -3.70. The fourth-order valence-electron chi connectivity index (χ4n) is 2.56. The summed E-state index contributed by atoms with van der Waals surface area (Å²) < 4.78 is 38.1. The van der Waals surface area contributed by atoms with E-state index in [1.807, 2.05) is 18.5 Å². The smallest absolute Gasteiger partial charge is 0.243 e. The third kappa shape index (κ3) is 2.87. The summed E-state index contributed by atoms with van der Waals surface area (Å²) >= 11 is 1.00. The molecule has 1 unspecified atom stereocenters. The lowest BCUT2D eigenvalue weighted by molar-refractivity contribution is 0.566. The first-order valence-corrected chi connectivity index (χ1v) is 9.41. The lowest BCUT2D eigenvalue weighted by atomic mass is 10.1. The third-order valence-corrected chi connectivity index (χ3v) is 5.89. The predicted molar refractivity (Wildman–Crippen MR) is 88.8 cm³/mol. The summed E-state index contributed by atoms with van der Waals surface area (Å²) in [5, 5.41) is 4.26. The molecule has 3 rings (SSSR count). The Hall–Kier alpha value is -1.84. The molecule has 1 atom stereocenters. The van der Waals surface area contributed by atoms with Gasteiger partial charge < -0.3 is 0 Å². The van der Waals surface area contributed by atoms with Gasteiger partial charge in [0.05, 0.1) is 17.9 Å². The van der Waals surface area contributed by atoms with E-state index in [4.69, 9.17) is 0 Å². The molecule has 0 aliphatic carbocycles. The molecule has 7 nitrogen and oxygen atoms in total. The van der Waals surface area contributed by atoms with Crippen molar-refractivity contribution >= 4 is 32.8 Å². The van der Waals surface area contributed by atoms with Crippen molar-refractivity contribution in [2.75, 3.05) is 0 Å². The molecule has 1 aromatic carbocycles. The molecule has 122 valence electrons. The van der Waals surface area contributed by atoms with Gasteiger partial charge in [0.25, 0.3) is 0 Å². The zero-order chi connectivity index (χ0) is 16.6. The molecule has 0 spiro atoms. The van der Waals surface area contributed by atoms with Crippen LogP contribution < -0.4 is 4.72 Å². The molecule has 0 amide bonds. The average molecular weight is 351 g/mol. The summed E-state index contributed by atoms with van der Waals surface area (Å²) in [6.07, 6.45) is 1.71. The minimum Gasteiger partial charge on any atom is -0.270 e. The first-order valence-electron chi connectivity index (χ1n) is 7.20. The van der Waals surface area contributed by atoms with Crippen molar-refractivity contribution < 1.29 is 8.42 Å². The highest BCUT2D eigenvalue weighted by Gasteiger charge is 2.24. The Kier molecular flexibility index (Phi) is 4.17. The molecule has 9 heteroatoms. The maximum atomic E-state index is 12.7. The van der Waals surface area contributed by atoms with Crippen molar-refractivity contribution in [2.24, 2.45) is 0 Å². The van der Waals surface area contributed by atoms with Crippen LogP contribution in [0.1, 0.15) is 31.1 Å². The summed E-state index contributed by atoms with van der Waals surface area (Å²) in [4.78, 5) is 0.149. The van der Waals surface area contributed by atoms with Crippen LogP contribution in [0.25, 0.3) is 11.0 Å². The van der Waals surface area contributed by atoms with Gasteiger partial charge in [-0.25, -0.2) is 13.1 Å². The zero-order valence-corrected chi connectivity index (χ0v) is 14.6. The highest BCUT2D eigenvalue weighted by Crippen LogP contribution is 2.24. The maximum Gasteiger partial charge on any atom is 0.243 e. The third-order valence-electron chi connectivity index (χ3n) is 3.78. The van der Waals surface area contributed by atoms with Crippen molar-refractivity contribution in [2.45, 2.75) is 38.3 Å². The van der Waals surface area contributed by atoms with Crippen LogP contribution in [0.15, 0.2) is 29.3 Å². The normalized spacial score (nSPS) is 13.5. The van der Waals surface area contributed by atoms with Crippen molar-refractivity contribution in [3.05, 3.63) is 35.7 Å². The van der Waals surface area contributed by atoms with Crippen molar-refractivity contribution in [3.8, 4) is 0 Å². The van der Waals surface area contributed by atoms with Crippen molar-refractivity contribution in [3.63, 3.8) is 0 Å². The molecule has 0 aliphatic rings. The highest BCUT2D eigenvalue weighted by molar-refractivity contribution is 7.89. The second kappa shape index (κ2) is 5.99. The zero-order valence-electron chi connectivity index (χ0n) is 13.0. The van der Waals surface area contributed by atoms with E-state index in [1.54, 1.807) is 31.3 Å². The number of sulfonamides is 1. The van der Waals surface area contributed by atoms with Crippen LogP contribution in [0.4, 0.5) is 0 Å². The molecular weight excluding hydrogens is 334 g/mol. The van der Waals surface area contributed by atoms with Gasteiger partial charge in [0.1, 0.15) is 15.9 Å². The number of aromatic nitrogens is 4. The van der Waals surface area contributed by atoms with E-state index in [1.165, 1.54) is 0 Å². The first kappa shape index (κ1) is 16.0. The Bertz CT molecular complexity index is 945. The Morgan fingerprint density at radius 3 is 2.83 bits per heavy atom. The molecule has 0 radical (unpaired) electrons. The van der Waals surface area contributed by atoms with E-state index in [9.17, 15) is 8.42 Å². The second-order valence-electron chi connectivity index (χ2n) is 5.23. The van der Waals surface area contributed by atoms with E-state index < -0.39 is 10.0 Å². The van der Waals surface area contributed by atoms with Crippen molar-refractivity contribution in [1.29, 1.82) is 0 Å². The second-order valence-corrected chi connectivity index (χ2v) is 7.44. The van der Waals surface area contributed by atoms with E-state index in [-0.39, 0.29) is 10.9 Å². The molecule has 0 aliphatic heterocycles. The van der Waals surface area contributed by atoms with Crippen LogP contribution in [0, 0.1) is 6.92 Å². The number of rotatable bonds is 5. The Balaban J connectivity index is 1.94. The number of aryl methyl sites for hydroxylation is 1. The lowest BCUT2D eigenvalue weighted by Gasteiger charge is -2.14. The lowest BCUT2D eigenvalue weighted by Crippen LogP contribution is -2.27. The summed E-state index contributed by atoms with van der Waals surface area (Å²) in [5.74, 6) is 0. The van der Waals surface area contributed by atoms with Crippen LogP contribution in [0.5, 0.6) is 0 Å². The molecule has 0 bridgehead atoms. The molecule has 0 saturated heterocycles. The summed E-state index contributed by atoms with van der Waals surface area (Å²) in [7, 11) is -3.70. The summed E-state index contributed by atoms with van der Waals surface area (Å²) in [6.45, 7) is 6.48. The Labute approximate surface area is 138 Å². The highest BCUT2D eigenvalue weighted by atomic mass is 32.2. The Morgan fingerprint density at radius 2 is 2.13 bits per heavy atom. The molecule has 3 aromatic rings. The van der Waals surface area contributed by atoms with E-state index >= 15 is 0 Å². The monoisotopic (exact) mass is 351 g/mol. The quantitative estimate of drug-likeness (QED) is 0.761. The van der Waals surface area contributed by atoms with E-state index in [0.717, 1.165) is 29.5 Å². The summed E-state index contributed by atoms with van der Waals surface area (Å²) in [5.41, 5.74) is 2.80. The van der Waals surface area contributed by atoms with Gasteiger partial charge in [0, 0.05) is 23.8 Å². The van der Waals surface area contributed by atoms with Gasteiger partial charge in [-0.15, -0.1) is 0 Å². The van der Waals surface area contributed by atoms with Gasteiger partial charge in [-0.2, -0.15) is 13.8 Å². The number of fused-ring (bicyclic) bond motifs is 1. The molecule has 2 aromatic heterocycles. The molecule has 0 saturated carbocycles. The van der Waals surface area contributed by atoms with Gasteiger partial charge in [0.15, 0.2) is 0 Å². The van der Waals surface area contributed by atoms with Gasteiger partial charge in [0.2, 0.25) is 10.0 Å². The van der Waals surface area contributed by atoms with Crippen LogP contribution in [-0.2, 0) is 16.6 Å². The number of nitrogens with zero attached hydrogens (tertiary/aromatic N) is 4. The first-order chi connectivity index (χ1) is 10.9. The number of benzene rings is 1. The number of hydrogen-bond donors (Lipinski definition) is 1. The van der Waals surface area contributed by atoms with Crippen LogP contribution in [0.2, 0.25) is 0 Å². The SMILES string of the molecule is CCn1ncc(C(C)NS(=O)(=O)c2cccc3nsnc23)c1C. The van der Waals surface area contributed by atoms with Crippen LogP contribution in [-0.4, -0.2) is 26.9 Å². The average Bonchev–Trinajstić information content (AvgIpc) is 3.12. The maximum absolute atomic E-state index is 12.7. The fraction of sp³-hybridized carbons (Fsp3) is 0.357. The van der Waals surface area contributed by atoms with Crippen molar-refractivity contribution in [1.82, 2.24) is 23.2 Å². The molecular formula is C14H17N5O2S2. The number of hydrogen-bond acceptors (Lipinski definition) is 6. The Morgan fingerprint density at radius 1 is 1.35 bits per heavy atom. The fourth-order valence-corrected chi connectivity index (χ4v) is 4.55. The standard InChI is InChI=1S/C14H17N5O2S2/c1-4-19-10(3)11(8-15-19)9(2)18-23(20,21)13-7-5-6-12-14(13)17-22-16-12/h5-9,18H,4H2,1-3H3. The van der Waals surface area contributed by atoms with Crippen LogP contribution in [0.3, 0.4) is 0 Å². The van der Waals surface area contributed by atoms with E-state index in [0.29, 0.717) is 11.0 Å². The van der Waals surface area contributed by atoms with Gasteiger partial charge >= 0.3 is 0 Å². The van der Waals surface area contributed by atoms with Crippen LogP contribution >= 0.6 is 11.7 Å². The van der Waals surface area contributed by atoms with E-state index in [2.05, 4.69) is 18.6 Å². The van der Waals surface area contributed by atoms with Gasteiger partial charge in [-0.1, -0.05) is 6.07 Å². The molecule has 0 fully saturated rings. The predicted octanol–water partition coefficient (Wildman–Crippen LogP) is 2.26. The van der Waals surface area contributed by atoms with Gasteiger partial charge in [-0.3, -0.25) is 4.68 Å². The topological polar surface area (TPSA) is 89.8 Å².